The van der Waals surface area contributed by atoms with E-state index in [1.807, 2.05) is 30.3 Å². The second-order valence-corrected chi connectivity index (χ2v) is 15.8. The summed E-state index contributed by atoms with van der Waals surface area (Å²) in [7, 11) is 1.81. The molecule has 17 heteroatoms. The fourth-order valence-corrected chi connectivity index (χ4v) is 9.06. The van der Waals surface area contributed by atoms with E-state index in [1.54, 1.807) is 18.2 Å². The summed E-state index contributed by atoms with van der Waals surface area (Å²) in [6, 6.07) is 17.4. The first-order chi connectivity index (χ1) is 28.6. The molecule has 0 bridgehead atoms. The van der Waals surface area contributed by atoms with Gasteiger partial charge in [0.15, 0.2) is 11.5 Å². The maximum atomic E-state index is 13.5. The Morgan fingerprint density at radius 3 is 2.41 bits per heavy atom. The van der Waals surface area contributed by atoms with Crippen molar-refractivity contribution in [3.8, 4) is 11.3 Å². The molecule has 16 nitrogen and oxygen atoms in total. The van der Waals surface area contributed by atoms with E-state index in [1.165, 1.54) is 26.7 Å². The molecule has 3 fully saturated rings. The lowest BCUT2D eigenvalue weighted by molar-refractivity contribution is -0.120. The normalized spacial score (nSPS) is 18.0. The Balaban J connectivity index is 0.787. The number of carbonyl (C=O) groups excluding carboxylic acids is 4. The van der Waals surface area contributed by atoms with Gasteiger partial charge in [-0.3, -0.25) is 39.4 Å². The highest BCUT2D eigenvalue weighted by Crippen LogP contribution is 2.40. The first-order valence-electron chi connectivity index (χ1n) is 20.0. The zero-order valence-electron chi connectivity index (χ0n) is 32.7. The van der Waals surface area contributed by atoms with E-state index in [2.05, 4.69) is 54.6 Å². The quantitative estimate of drug-likeness (QED) is 0.195. The molecule has 5 amide bonds. The zero-order chi connectivity index (χ0) is 40.8. The number of aromatic nitrogens is 4. The van der Waals surface area contributed by atoms with Gasteiger partial charge in [0, 0.05) is 107 Å². The van der Waals surface area contributed by atoms with Gasteiger partial charge < -0.3 is 20.9 Å². The summed E-state index contributed by atoms with van der Waals surface area (Å²) in [6.45, 7) is 6.96. The molecule has 7 heterocycles. The van der Waals surface area contributed by atoms with Crippen LogP contribution in [-0.2, 0) is 17.8 Å². The van der Waals surface area contributed by atoms with Crippen LogP contribution in [0.1, 0.15) is 51.2 Å². The predicted molar refractivity (Wildman–Crippen MR) is 224 cm³/mol. The fraction of sp³-hybridized carbons (Fsp3) is 0.357. The molecule has 9 rings (SSSR count). The molecular formula is C42H45ClN12O4. The van der Waals surface area contributed by atoms with Crippen molar-refractivity contribution in [2.75, 3.05) is 74.5 Å². The standard InChI is InChI=1S/C42H45ClN12O4/c1-45-33-22-37(49-55-36(39(44)57)24-47-40(33)55)53-15-11-30-29(3-2-4-34(30)53)32-8-5-26(23-46-32)25-50-17-19-51(20-18-50)28-9-13-52(14-10-28)41(58)27-6-7-31(43)35(21-27)54-16-12-38(56)48-42(54)59/h2-8,21-24,28,45H,9-20,25H2,1H3,(H2,44,57)(H,48,56,59). The van der Waals surface area contributed by atoms with Crippen LogP contribution in [-0.4, -0.2) is 123 Å². The minimum Gasteiger partial charge on any atom is -0.385 e. The first kappa shape index (κ1) is 38.4. The average Bonchev–Trinajstić information content (AvgIpc) is 3.90. The molecule has 4 N–H and O–H groups in total. The minimum absolute atomic E-state index is 0.0799. The molecule has 4 aliphatic rings. The number of carbonyl (C=O) groups is 4. The molecule has 3 saturated heterocycles. The smallest absolute Gasteiger partial charge is 0.328 e. The van der Waals surface area contributed by atoms with Crippen LogP contribution >= 0.6 is 11.6 Å². The number of benzene rings is 2. The summed E-state index contributed by atoms with van der Waals surface area (Å²) in [5.74, 6) is -0.298. The van der Waals surface area contributed by atoms with Crippen LogP contribution in [0.5, 0.6) is 0 Å². The van der Waals surface area contributed by atoms with Crippen LogP contribution in [0.4, 0.5) is 27.7 Å². The number of fused-ring (bicyclic) bond motifs is 2. The van der Waals surface area contributed by atoms with Crippen LogP contribution in [0.3, 0.4) is 0 Å². The van der Waals surface area contributed by atoms with Crippen molar-refractivity contribution < 1.29 is 19.2 Å². The fourth-order valence-electron chi connectivity index (χ4n) is 8.84. The molecule has 304 valence electrons. The number of nitrogens with zero attached hydrogens (tertiary/aromatic N) is 9. The van der Waals surface area contributed by atoms with Crippen LogP contribution < -0.4 is 26.2 Å². The molecule has 59 heavy (non-hydrogen) atoms. The summed E-state index contributed by atoms with van der Waals surface area (Å²) in [5, 5.41) is 10.6. The second-order valence-electron chi connectivity index (χ2n) is 15.4. The number of amides is 5. The lowest BCUT2D eigenvalue weighted by Gasteiger charge is -2.42. The highest BCUT2D eigenvalue weighted by atomic mass is 35.5. The average molecular weight is 817 g/mol. The van der Waals surface area contributed by atoms with Gasteiger partial charge in [-0.1, -0.05) is 29.8 Å². The van der Waals surface area contributed by atoms with E-state index in [0.29, 0.717) is 46.9 Å². The van der Waals surface area contributed by atoms with Gasteiger partial charge in [0.2, 0.25) is 5.91 Å². The van der Waals surface area contributed by atoms with E-state index in [-0.39, 0.29) is 30.5 Å². The molecule has 0 spiro atoms. The molecule has 2 aromatic carbocycles. The van der Waals surface area contributed by atoms with Crippen molar-refractivity contribution in [1.82, 2.24) is 39.6 Å². The Kier molecular flexibility index (Phi) is 10.4. The Hall–Kier alpha value is -6.10. The van der Waals surface area contributed by atoms with E-state index in [4.69, 9.17) is 27.4 Å². The van der Waals surface area contributed by atoms with Crippen molar-refractivity contribution in [3.05, 3.63) is 94.4 Å². The van der Waals surface area contributed by atoms with Gasteiger partial charge in [0.05, 0.1) is 28.3 Å². The Morgan fingerprint density at radius 1 is 0.881 bits per heavy atom. The van der Waals surface area contributed by atoms with Crippen molar-refractivity contribution in [2.45, 2.75) is 38.3 Å². The minimum atomic E-state index is -0.589. The topological polar surface area (TPSA) is 178 Å². The number of urea groups is 1. The number of primary amides is 1. The Bertz CT molecular complexity index is 2460. The van der Waals surface area contributed by atoms with Gasteiger partial charge >= 0.3 is 6.03 Å². The van der Waals surface area contributed by atoms with Crippen LogP contribution in [0.2, 0.25) is 5.02 Å². The molecule has 0 atom stereocenters. The maximum absolute atomic E-state index is 13.5. The number of anilines is 4. The van der Waals surface area contributed by atoms with Crippen molar-refractivity contribution in [1.29, 1.82) is 0 Å². The first-order valence-corrected chi connectivity index (χ1v) is 20.4. The monoisotopic (exact) mass is 816 g/mol. The van der Waals surface area contributed by atoms with E-state index >= 15 is 0 Å². The van der Waals surface area contributed by atoms with Gasteiger partial charge in [0.1, 0.15) is 5.69 Å². The summed E-state index contributed by atoms with van der Waals surface area (Å²) in [4.78, 5) is 69.5. The number of piperazine rings is 1. The molecule has 0 saturated carbocycles. The van der Waals surface area contributed by atoms with Crippen LogP contribution in [0.15, 0.2) is 67.0 Å². The number of piperidine rings is 1. The number of nitrogens with one attached hydrogen (secondary N) is 2. The third-order valence-corrected chi connectivity index (χ3v) is 12.3. The predicted octanol–water partition coefficient (Wildman–Crippen LogP) is 4.15. The second kappa shape index (κ2) is 15.9. The summed E-state index contributed by atoms with van der Waals surface area (Å²) >= 11 is 6.42. The van der Waals surface area contributed by atoms with Gasteiger partial charge in [-0.15, -0.1) is 5.10 Å². The maximum Gasteiger partial charge on any atom is 0.328 e. The molecule has 4 aliphatic heterocycles. The van der Waals surface area contributed by atoms with Crippen molar-refractivity contribution >= 4 is 63.9 Å². The van der Waals surface area contributed by atoms with Gasteiger partial charge in [-0.25, -0.2) is 14.3 Å². The van der Waals surface area contributed by atoms with E-state index in [0.717, 1.165) is 81.2 Å². The highest BCUT2D eigenvalue weighted by Gasteiger charge is 2.32. The van der Waals surface area contributed by atoms with Gasteiger partial charge in [0.25, 0.3) is 11.8 Å². The molecule has 0 radical (unpaired) electrons. The molecule has 0 unspecified atom stereocenters. The molecule has 0 aliphatic carbocycles. The number of hydrogen-bond donors (Lipinski definition) is 3. The highest BCUT2D eigenvalue weighted by molar-refractivity contribution is 6.34. The molecular weight excluding hydrogens is 772 g/mol. The number of nitrogens with two attached hydrogens (primary N) is 1. The number of imidazole rings is 1. The third kappa shape index (κ3) is 7.43. The number of halogens is 1. The van der Waals surface area contributed by atoms with Crippen LogP contribution in [0.25, 0.3) is 16.9 Å². The lowest BCUT2D eigenvalue weighted by atomic mass is 10.0. The number of hydrogen-bond acceptors (Lipinski definition) is 11. The van der Waals surface area contributed by atoms with Gasteiger partial charge in [-0.05, 0) is 60.7 Å². The van der Waals surface area contributed by atoms with Crippen LogP contribution in [0, 0.1) is 0 Å². The zero-order valence-corrected chi connectivity index (χ0v) is 33.5. The van der Waals surface area contributed by atoms with E-state index < -0.39 is 11.9 Å². The molecule has 5 aromatic rings. The Labute approximate surface area is 345 Å². The number of imide groups is 1. The number of likely N-dealkylation sites (tertiary alicyclic amines) is 1. The Morgan fingerprint density at radius 2 is 1.68 bits per heavy atom. The van der Waals surface area contributed by atoms with Crippen molar-refractivity contribution in [2.24, 2.45) is 5.73 Å². The van der Waals surface area contributed by atoms with E-state index in [9.17, 15) is 19.2 Å². The van der Waals surface area contributed by atoms with Crippen molar-refractivity contribution in [3.63, 3.8) is 0 Å². The molecule has 3 aromatic heterocycles. The largest absolute Gasteiger partial charge is 0.385 e. The summed E-state index contributed by atoms with van der Waals surface area (Å²) in [5.41, 5.74) is 13.5. The van der Waals surface area contributed by atoms with Gasteiger partial charge in [-0.2, -0.15) is 0 Å². The summed E-state index contributed by atoms with van der Waals surface area (Å²) in [6.07, 6.45) is 6.25. The SMILES string of the molecule is CNc1cc(N2CCc3c(-c4ccc(CN5CCN(C6CCN(C(=O)c7ccc(Cl)c(N8CCC(=O)NC8=O)c7)CC6)CC5)cn4)cccc32)nn2c(C(N)=O)cnc12. The third-order valence-electron chi connectivity index (χ3n) is 12.0. The lowest BCUT2D eigenvalue weighted by Crippen LogP contribution is -2.53. The number of rotatable bonds is 9. The number of pyridine rings is 1. The summed E-state index contributed by atoms with van der Waals surface area (Å²) < 4.78 is 1.51.